The van der Waals surface area contributed by atoms with E-state index in [1.165, 1.54) is 12.8 Å². The van der Waals surface area contributed by atoms with Crippen LogP contribution >= 0.6 is 0 Å². The van der Waals surface area contributed by atoms with Crippen molar-refractivity contribution < 1.29 is 4.52 Å². The highest BCUT2D eigenvalue weighted by Gasteiger charge is 2.33. The molecular weight excluding hydrogens is 214 g/mol. The number of nitrogens with two attached hydrogens (primary N) is 1. The monoisotopic (exact) mass is 229 g/mol. The molecule has 4 heteroatoms. The van der Waals surface area contributed by atoms with E-state index in [1.54, 1.807) is 0 Å². The first-order chi connectivity index (χ1) is 8.25. The van der Waals surface area contributed by atoms with Crippen molar-refractivity contribution in [2.75, 3.05) is 0 Å². The lowest BCUT2D eigenvalue weighted by molar-refractivity contribution is 0.343. The molecule has 0 amide bonds. The van der Waals surface area contributed by atoms with Crippen molar-refractivity contribution >= 4 is 0 Å². The van der Waals surface area contributed by atoms with Crippen LogP contribution in [0.3, 0.4) is 0 Å². The third kappa shape index (κ3) is 1.96. The number of rotatable bonds is 3. The third-order valence-corrected chi connectivity index (χ3v) is 3.24. The Hall–Kier alpha value is -1.68. The molecular formula is C13H15N3O. The molecule has 2 aromatic rings. The van der Waals surface area contributed by atoms with E-state index in [9.17, 15) is 0 Å². The van der Waals surface area contributed by atoms with Crippen LogP contribution in [0.2, 0.25) is 0 Å². The average molecular weight is 229 g/mol. The van der Waals surface area contributed by atoms with Gasteiger partial charge in [0.25, 0.3) is 0 Å². The quantitative estimate of drug-likeness (QED) is 0.878. The SMILES string of the molecule is Cc1ccccc1-c1noc(C(N)C2CC2)n1. The second kappa shape index (κ2) is 3.96. The number of benzene rings is 1. The predicted octanol–water partition coefficient (Wildman–Crippen LogP) is 2.45. The molecule has 0 aliphatic heterocycles. The molecule has 88 valence electrons. The summed E-state index contributed by atoms with van der Waals surface area (Å²) in [6.45, 7) is 2.03. The van der Waals surface area contributed by atoms with Crippen LogP contribution in [0.25, 0.3) is 11.4 Å². The first kappa shape index (κ1) is 10.5. The van der Waals surface area contributed by atoms with E-state index in [0.29, 0.717) is 17.6 Å². The van der Waals surface area contributed by atoms with Crippen LogP contribution in [0.5, 0.6) is 0 Å². The van der Waals surface area contributed by atoms with Gasteiger partial charge in [-0.1, -0.05) is 29.4 Å². The van der Waals surface area contributed by atoms with Crippen molar-refractivity contribution in [3.8, 4) is 11.4 Å². The second-order valence-corrected chi connectivity index (χ2v) is 4.63. The topological polar surface area (TPSA) is 64.9 Å². The summed E-state index contributed by atoms with van der Waals surface area (Å²) in [5.41, 5.74) is 8.18. The summed E-state index contributed by atoms with van der Waals surface area (Å²) in [6.07, 6.45) is 2.34. The Morgan fingerprint density at radius 3 is 2.82 bits per heavy atom. The van der Waals surface area contributed by atoms with E-state index < -0.39 is 0 Å². The van der Waals surface area contributed by atoms with Gasteiger partial charge >= 0.3 is 0 Å². The lowest BCUT2D eigenvalue weighted by atomic mass is 10.1. The highest BCUT2D eigenvalue weighted by molar-refractivity contribution is 5.58. The van der Waals surface area contributed by atoms with E-state index in [-0.39, 0.29) is 6.04 Å². The molecule has 17 heavy (non-hydrogen) atoms. The van der Waals surface area contributed by atoms with Crippen LogP contribution in [-0.2, 0) is 0 Å². The number of hydrogen-bond acceptors (Lipinski definition) is 4. The molecule has 1 heterocycles. The lowest BCUT2D eigenvalue weighted by Gasteiger charge is -2.02. The maximum Gasteiger partial charge on any atom is 0.244 e. The van der Waals surface area contributed by atoms with Gasteiger partial charge in [0.05, 0.1) is 6.04 Å². The first-order valence-electron chi connectivity index (χ1n) is 5.91. The standard InChI is InChI=1S/C13H15N3O/c1-8-4-2-3-5-10(8)12-15-13(17-16-12)11(14)9-6-7-9/h2-5,9,11H,6-7,14H2,1H3. The van der Waals surface area contributed by atoms with Crippen molar-refractivity contribution in [1.29, 1.82) is 0 Å². The smallest absolute Gasteiger partial charge is 0.244 e. The summed E-state index contributed by atoms with van der Waals surface area (Å²) < 4.78 is 5.25. The zero-order valence-corrected chi connectivity index (χ0v) is 9.76. The molecule has 0 radical (unpaired) electrons. The zero-order chi connectivity index (χ0) is 11.8. The van der Waals surface area contributed by atoms with E-state index in [4.69, 9.17) is 10.3 Å². The number of nitrogens with zero attached hydrogens (tertiary/aromatic N) is 2. The summed E-state index contributed by atoms with van der Waals surface area (Å²) >= 11 is 0. The molecule has 0 saturated heterocycles. The molecule has 0 bridgehead atoms. The first-order valence-corrected chi connectivity index (χ1v) is 5.91. The molecule has 1 aromatic heterocycles. The van der Waals surface area contributed by atoms with Crippen molar-refractivity contribution in [2.24, 2.45) is 11.7 Å². The molecule has 3 rings (SSSR count). The Kier molecular flexibility index (Phi) is 2.44. The number of hydrogen-bond donors (Lipinski definition) is 1. The minimum Gasteiger partial charge on any atom is -0.337 e. The normalized spacial score (nSPS) is 17.1. The van der Waals surface area contributed by atoms with Crippen LogP contribution in [0.15, 0.2) is 28.8 Å². The van der Waals surface area contributed by atoms with Gasteiger partial charge in [-0.05, 0) is 31.2 Å². The molecule has 1 fully saturated rings. The van der Waals surface area contributed by atoms with Crippen LogP contribution in [0.4, 0.5) is 0 Å². The molecule has 1 unspecified atom stereocenters. The summed E-state index contributed by atoms with van der Waals surface area (Å²) in [7, 11) is 0. The fraction of sp³-hybridized carbons (Fsp3) is 0.385. The highest BCUT2D eigenvalue weighted by Crippen LogP contribution is 2.39. The average Bonchev–Trinajstić information content (AvgIpc) is 3.07. The molecule has 4 nitrogen and oxygen atoms in total. The number of aryl methyl sites for hydroxylation is 1. The van der Waals surface area contributed by atoms with Crippen molar-refractivity contribution in [1.82, 2.24) is 10.1 Å². The fourth-order valence-electron chi connectivity index (χ4n) is 1.96. The molecule has 1 saturated carbocycles. The van der Waals surface area contributed by atoms with Gasteiger partial charge in [-0.15, -0.1) is 0 Å². The van der Waals surface area contributed by atoms with Gasteiger partial charge in [0.1, 0.15) is 0 Å². The summed E-state index contributed by atoms with van der Waals surface area (Å²) in [5, 5.41) is 4.01. The van der Waals surface area contributed by atoms with Gasteiger partial charge in [-0.2, -0.15) is 4.98 Å². The Morgan fingerprint density at radius 1 is 1.35 bits per heavy atom. The molecule has 1 aromatic carbocycles. The summed E-state index contributed by atoms with van der Waals surface area (Å²) in [5.74, 6) is 1.72. The molecule has 0 spiro atoms. The zero-order valence-electron chi connectivity index (χ0n) is 9.76. The van der Waals surface area contributed by atoms with Crippen LogP contribution in [-0.4, -0.2) is 10.1 Å². The maximum atomic E-state index is 6.03. The van der Waals surface area contributed by atoms with Gasteiger partial charge in [0, 0.05) is 5.56 Å². The fourth-order valence-corrected chi connectivity index (χ4v) is 1.96. The van der Waals surface area contributed by atoms with Crippen molar-refractivity contribution in [2.45, 2.75) is 25.8 Å². The molecule has 1 atom stereocenters. The van der Waals surface area contributed by atoms with Crippen molar-refractivity contribution in [3.63, 3.8) is 0 Å². The van der Waals surface area contributed by atoms with Gasteiger partial charge < -0.3 is 10.3 Å². The molecule has 1 aliphatic rings. The Bertz CT molecular complexity index is 531. The van der Waals surface area contributed by atoms with E-state index in [1.807, 2.05) is 31.2 Å². The van der Waals surface area contributed by atoms with Gasteiger partial charge in [0.15, 0.2) is 0 Å². The van der Waals surface area contributed by atoms with Gasteiger partial charge in [0.2, 0.25) is 11.7 Å². The van der Waals surface area contributed by atoms with Gasteiger partial charge in [-0.3, -0.25) is 0 Å². The molecule has 1 aliphatic carbocycles. The van der Waals surface area contributed by atoms with Crippen molar-refractivity contribution in [3.05, 3.63) is 35.7 Å². The van der Waals surface area contributed by atoms with Crippen LogP contribution < -0.4 is 5.73 Å². The Balaban J connectivity index is 1.92. The minimum absolute atomic E-state index is 0.0970. The summed E-state index contributed by atoms with van der Waals surface area (Å²) in [4.78, 5) is 4.40. The van der Waals surface area contributed by atoms with E-state index >= 15 is 0 Å². The third-order valence-electron chi connectivity index (χ3n) is 3.24. The Morgan fingerprint density at radius 2 is 2.12 bits per heavy atom. The van der Waals surface area contributed by atoms with Gasteiger partial charge in [-0.25, -0.2) is 0 Å². The van der Waals surface area contributed by atoms with E-state index in [2.05, 4.69) is 10.1 Å². The highest BCUT2D eigenvalue weighted by atomic mass is 16.5. The lowest BCUT2D eigenvalue weighted by Crippen LogP contribution is -2.12. The Labute approximate surface area is 99.8 Å². The van der Waals surface area contributed by atoms with E-state index in [0.717, 1.165) is 11.1 Å². The summed E-state index contributed by atoms with van der Waals surface area (Å²) in [6, 6.07) is 7.90. The minimum atomic E-state index is -0.0970. The number of aromatic nitrogens is 2. The largest absolute Gasteiger partial charge is 0.337 e. The predicted molar refractivity (Wildman–Crippen MR) is 64.1 cm³/mol. The maximum absolute atomic E-state index is 6.03. The second-order valence-electron chi connectivity index (χ2n) is 4.63. The van der Waals surface area contributed by atoms with Crippen LogP contribution in [0, 0.1) is 12.8 Å². The van der Waals surface area contributed by atoms with Crippen LogP contribution in [0.1, 0.15) is 30.3 Å². The molecule has 2 N–H and O–H groups in total.